The van der Waals surface area contributed by atoms with Gasteiger partial charge in [-0.2, -0.15) is 0 Å². The Hall–Kier alpha value is -1.77. The fourth-order valence-corrected chi connectivity index (χ4v) is 0.511. The quantitative estimate of drug-likeness (QED) is 0.385. The van der Waals surface area contributed by atoms with Gasteiger partial charge in [-0.1, -0.05) is 19.2 Å². The molecule has 0 atom stereocenters. The summed E-state index contributed by atoms with van der Waals surface area (Å²) >= 11 is 0. The number of aliphatic hydroxyl groups excluding tert-OH is 1. The fraction of sp³-hybridized carbons (Fsp3) is 0. The molecule has 0 radical (unpaired) electrons. The molecule has 0 spiro atoms. The molecule has 3 heteroatoms. The Morgan fingerprint density at radius 3 is 2.50 bits per heavy atom. The van der Waals surface area contributed by atoms with Crippen LogP contribution in [-0.4, -0.2) is 11.6 Å². The topological polar surface area (TPSA) is 46.5 Å². The monoisotopic (exact) mass is 166 g/mol. The Morgan fingerprint density at radius 1 is 1.42 bits per heavy atom. The highest BCUT2D eigenvalue weighted by molar-refractivity contribution is 5.42. The number of carbonyl (C=O) groups excluding carboxylic acids is 1. The highest BCUT2D eigenvalue weighted by Crippen LogP contribution is 2.01. The Balaban J connectivity index is 4.46. The predicted molar refractivity (Wildman–Crippen MR) is 46.3 cm³/mol. The van der Waals surface area contributed by atoms with Gasteiger partial charge in [-0.15, -0.1) is 0 Å². The van der Waals surface area contributed by atoms with Crippen molar-refractivity contribution in [3.05, 3.63) is 49.0 Å². The molecule has 0 bridgehead atoms. The van der Waals surface area contributed by atoms with Crippen LogP contribution in [0.4, 0.5) is 0 Å². The summed E-state index contributed by atoms with van der Waals surface area (Å²) < 4.78 is 4.44. The Labute approximate surface area is 71.0 Å². The number of hydrogen-bond donors (Lipinski definition) is 1. The van der Waals surface area contributed by atoms with Gasteiger partial charge in [0, 0.05) is 6.08 Å². The molecule has 0 aliphatic carbocycles. The minimum absolute atomic E-state index is 0.0539. The zero-order valence-electron chi connectivity index (χ0n) is 6.56. The maximum Gasteiger partial charge on any atom is 0.298 e. The molecule has 0 rings (SSSR count). The number of carbonyl (C=O) groups is 1. The third kappa shape index (κ3) is 4.11. The van der Waals surface area contributed by atoms with E-state index in [1.54, 1.807) is 0 Å². The predicted octanol–water partition coefficient (Wildman–Crippen LogP) is 1.86. The van der Waals surface area contributed by atoms with Crippen molar-refractivity contribution in [2.24, 2.45) is 0 Å². The van der Waals surface area contributed by atoms with E-state index in [1.165, 1.54) is 24.3 Å². The van der Waals surface area contributed by atoms with E-state index in [1.807, 2.05) is 0 Å². The molecular formula is C9H10O3. The van der Waals surface area contributed by atoms with E-state index in [-0.39, 0.29) is 18.0 Å². The molecule has 0 heterocycles. The Bertz CT molecular complexity index is 236. The standard InChI is InChI=1S/C9H10O3/c1-3-5-8(11)6-9(4-2)12-7-10/h3-7,11H,1-2H2/b8-5+,9-6+. The molecule has 0 aromatic rings. The van der Waals surface area contributed by atoms with Crippen LogP contribution in [0.2, 0.25) is 0 Å². The second-order valence-corrected chi connectivity index (χ2v) is 1.79. The van der Waals surface area contributed by atoms with E-state index < -0.39 is 0 Å². The van der Waals surface area contributed by atoms with E-state index in [2.05, 4.69) is 17.9 Å². The molecule has 0 aliphatic rings. The summed E-state index contributed by atoms with van der Waals surface area (Å²) in [5.74, 6) is 0.127. The molecule has 0 aromatic heterocycles. The second kappa shape index (κ2) is 5.97. The first-order valence-electron chi connectivity index (χ1n) is 3.20. The minimum atomic E-state index is -0.0539. The molecule has 0 aliphatic heterocycles. The first-order chi connectivity index (χ1) is 5.74. The summed E-state index contributed by atoms with van der Waals surface area (Å²) in [5, 5.41) is 9.05. The van der Waals surface area contributed by atoms with Crippen LogP contribution in [0.5, 0.6) is 0 Å². The number of aliphatic hydroxyl groups is 1. The number of rotatable bonds is 5. The third-order valence-corrected chi connectivity index (χ3v) is 0.964. The molecule has 64 valence electrons. The molecule has 3 nitrogen and oxygen atoms in total. The lowest BCUT2D eigenvalue weighted by Crippen LogP contribution is -1.86. The summed E-state index contributed by atoms with van der Waals surface area (Å²) in [5.41, 5.74) is 0. The van der Waals surface area contributed by atoms with E-state index in [4.69, 9.17) is 5.11 Å². The molecule has 0 saturated heterocycles. The minimum Gasteiger partial charge on any atom is -0.508 e. The summed E-state index contributed by atoms with van der Waals surface area (Å²) in [4.78, 5) is 9.88. The van der Waals surface area contributed by atoms with Crippen LogP contribution in [0.25, 0.3) is 0 Å². The van der Waals surface area contributed by atoms with Crippen LogP contribution >= 0.6 is 0 Å². The average molecular weight is 166 g/mol. The molecule has 1 N–H and O–H groups in total. The van der Waals surface area contributed by atoms with E-state index in [0.29, 0.717) is 0 Å². The highest BCUT2D eigenvalue weighted by atomic mass is 16.5. The fourth-order valence-electron chi connectivity index (χ4n) is 0.511. The maximum absolute atomic E-state index is 9.88. The zero-order valence-corrected chi connectivity index (χ0v) is 6.56. The van der Waals surface area contributed by atoms with Gasteiger partial charge in [-0.05, 0) is 12.2 Å². The van der Waals surface area contributed by atoms with Crippen molar-refractivity contribution >= 4 is 6.47 Å². The van der Waals surface area contributed by atoms with Gasteiger partial charge in [0.2, 0.25) is 0 Å². The summed E-state index contributed by atoms with van der Waals surface area (Å²) in [6.45, 7) is 7.01. The zero-order chi connectivity index (χ0) is 9.40. The van der Waals surface area contributed by atoms with Gasteiger partial charge in [-0.3, -0.25) is 4.79 Å². The van der Waals surface area contributed by atoms with Crippen molar-refractivity contribution in [1.82, 2.24) is 0 Å². The first-order valence-corrected chi connectivity index (χ1v) is 3.20. The van der Waals surface area contributed by atoms with Gasteiger partial charge in [-0.25, -0.2) is 0 Å². The van der Waals surface area contributed by atoms with Crippen LogP contribution in [0.3, 0.4) is 0 Å². The maximum atomic E-state index is 9.88. The molecule has 0 fully saturated rings. The average Bonchev–Trinajstić information content (AvgIpc) is 2.04. The summed E-state index contributed by atoms with van der Waals surface area (Å²) in [6, 6.07) is 0. The number of allylic oxidation sites excluding steroid dienone is 4. The molecule has 0 unspecified atom stereocenters. The van der Waals surface area contributed by atoms with Gasteiger partial charge in [0.1, 0.15) is 11.5 Å². The lowest BCUT2D eigenvalue weighted by molar-refractivity contribution is -0.124. The number of hydrogen-bond acceptors (Lipinski definition) is 3. The van der Waals surface area contributed by atoms with E-state index in [9.17, 15) is 4.79 Å². The van der Waals surface area contributed by atoms with Crippen LogP contribution in [0, 0.1) is 0 Å². The Morgan fingerprint density at radius 2 is 2.08 bits per heavy atom. The van der Waals surface area contributed by atoms with Crippen molar-refractivity contribution in [2.45, 2.75) is 0 Å². The van der Waals surface area contributed by atoms with Crippen molar-refractivity contribution in [3.8, 4) is 0 Å². The summed E-state index contributed by atoms with van der Waals surface area (Å²) in [7, 11) is 0. The van der Waals surface area contributed by atoms with Crippen molar-refractivity contribution in [2.75, 3.05) is 0 Å². The van der Waals surface area contributed by atoms with Gasteiger partial charge in [0.25, 0.3) is 6.47 Å². The smallest absolute Gasteiger partial charge is 0.298 e. The first kappa shape index (κ1) is 10.2. The van der Waals surface area contributed by atoms with E-state index >= 15 is 0 Å². The van der Waals surface area contributed by atoms with Crippen LogP contribution < -0.4 is 0 Å². The molecule has 0 amide bonds. The van der Waals surface area contributed by atoms with Gasteiger partial charge in [0.15, 0.2) is 0 Å². The van der Waals surface area contributed by atoms with Crippen LogP contribution in [0.15, 0.2) is 49.0 Å². The molecule has 12 heavy (non-hydrogen) atoms. The van der Waals surface area contributed by atoms with Crippen molar-refractivity contribution in [1.29, 1.82) is 0 Å². The summed E-state index contributed by atoms with van der Waals surface area (Å²) in [6.07, 6.45) is 5.33. The highest BCUT2D eigenvalue weighted by Gasteiger charge is 1.91. The van der Waals surface area contributed by atoms with Gasteiger partial charge >= 0.3 is 0 Å². The van der Waals surface area contributed by atoms with Gasteiger partial charge < -0.3 is 9.84 Å². The SMILES string of the molecule is C=C/C=C(O)\C=C(/C=C)OC=O. The lowest BCUT2D eigenvalue weighted by Gasteiger charge is -1.96. The van der Waals surface area contributed by atoms with Crippen LogP contribution in [0.1, 0.15) is 0 Å². The molecule has 0 saturated carbocycles. The van der Waals surface area contributed by atoms with E-state index in [0.717, 1.165) is 0 Å². The Kier molecular flexibility index (Phi) is 5.09. The molecule has 0 aromatic carbocycles. The normalized spacial score (nSPS) is 12.0. The van der Waals surface area contributed by atoms with Crippen LogP contribution in [-0.2, 0) is 9.53 Å². The van der Waals surface area contributed by atoms with Crippen molar-refractivity contribution in [3.63, 3.8) is 0 Å². The lowest BCUT2D eigenvalue weighted by atomic mass is 10.3. The largest absolute Gasteiger partial charge is 0.508 e. The van der Waals surface area contributed by atoms with Gasteiger partial charge in [0.05, 0.1) is 0 Å². The molecular weight excluding hydrogens is 156 g/mol. The van der Waals surface area contributed by atoms with Crippen molar-refractivity contribution < 1.29 is 14.6 Å². The number of ether oxygens (including phenoxy) is 1. The second-order valence-electron chi connectivity index (χ2n) is 1.79. The third-order valence-electron chi connectivity index (χ3n) is 0.964.